The van der Waals surface area contributed by atoms with Crippen molar-refractivity contribution in [3.8, 4) is 0 Å². The van der Waals surface area contributed by atoms with Gasteiger partial charge in [-0.15, -0.1) is 0 Å². The van der Waals surface area contributed by atoms with Gasteiger partial charge < -0.3 is 19.4 Å². The number of aliphatic hydroxyl groups is 1. The summed E-state index contributed by atoms with van der Waals surface area (Å²) in [5, 5.41) is 14.8. The number of likely N-dealkylation sites (N-methyl/N-ethyl adjacent to an activating group) is 2. The third kappa shape index (κ3) is 2.65. The fourth-order valence-corrected chi connectivity index (χ4v) is 4.68. The number of aryl methyl sites for hydroxylation is 2. The molecule has 1 aliphatic rings. The molecule has 2 aromatic rings. The fourth-order valence-electron chi connectivity index (χ4n) is 4.68. The third-order valence-corrected chi connectivity index (χ3v) is 6.09. The molecule has 0 amide bonds. The number of hydrogen-bond donors (Lipinski definition) is 1. The van der Waals surface area contributed by atoms with Crippen molar-refractivity contribution in [3.63, 3.8) is 0 Å². The summed E-state index contributed by atoms with van der Waals surface area (Å²) in [4.78, 5) is 4.77. The average molecular weight is 357 g/mol. The average Bonchev–Trinajstić information content (AvgIpc) is 3.16. The number of benzene rings is 1. The Morgan fingerprint density at radius 1 is 1.23 bits per heavy atom. The summed E-state index contributed by atoms with van der Waals surface area (Å²) in [7, 11) is 2.14. The molecule has 2 unspecified atom stereocenters. The summed E-state index contributed by atoms with van der Waals surface area (Å²) in [6.07, 6.45) is 0.814. The third-order valence-electron chi connectivity index (χ3n) is 6.09. The summed E-state index contributed by atoms with van der Waals surface area (Å²) >= 11 is 0. The maximum atomic E-state index is 10.5. The molecule has 0 fully saturated rings. The number of aromatic nitrogens is 1. The van der Waals surface area contributed by atoms with Gasteiger partial charge in [0.05, 0.1) is 17.8 Å². The Kier molecular flexibility index (Phi) is 5.39. The normalized spacial score (nSPS) is 22.3. The standard InChI is InChI=1S/C21H31N3O2/c1-6-18-20(15(4)26-22-18)21(14-24(7-2)8-3)17(13-25)16-11-9-10-12-19(16)23(21)5/h9-12,17,25H,6-8,13-14H2,1-5H3. The van der Waals surface area contributed by atoms with Crippen LogP contribution in [-0.4, -0.2) is 48.5 Å². The minimum atomic E-state index is -0.389. The summed E-state index contributed by atoms with van der Waals surface area (Å²) in [6, 6.07) is 8.42. The van der Waals surface area contributed by atoms with Crippen LogP contribution in [0, 0.1) is 6.92 Å². The van der Waals surface area contributed by atoms with Gasteiger partial charge in [-0.05, 0) is 38.1 Å². The number of para-hydroxylation sites is 1. The smallest absolute Gasteiger partial charge is 0.139 e. The SMILES string of the molecule is CCc1noc(C)c1C1(CN(CC)CC)C(CO)c2ccccc2N1C. The van der Waals surface area contributed by atoms with Crippen LogP contribution < -0.4 is 4.90 Å². The Morgan fingerprint density at radius 3 is 2.54 bits per heavy atom. The first kappa shape index (κ1) is 18.9. The lowest BCUT2D eigenvalue weighted by Gasteiger charge is -2.44. The van der Waals surface area contributed by atoms with Crippen molar-refractivity contribution in [1.82, 2.24) is 10.1 Å². The zero-order valence-corrected chi connectivity index (χ0v) is 16.6. The second-order valence-corrected chi connectivity index (χ2v) is 7.15. The molecule has 0 aliphatic carbocycles. The van der Waals surface area contributed by atoms with Crippen LogP contribution in [0.25, 0.3) is 0 Å². The summed E-state index contributed by atoms with van der Waals surface area (Å²) < 4.78 is 5.64. The number of anilines is 1. The van der Waals surface area contributed by atoms with Crippen molar-refractivity contribution in [2.24, 2.45) is 0 Å². The molecule has 3 rings (SSSR count). The van der Waals surface area contributed by atoms with Gasteiger partial charge in [-0.3, -0.25) is 0 Å². The molecule has 2 atom stereocenters. The van der Waals surface area contributed by atoms with E-state index in [1.54, 1.807) is 0 Å². The van der Waals surface area contributed by atoms with Gasteiger partial charge in [0.1, 0.15) is 5.76 Å². The summed E-state index contributed by atoms with van der Waals surface area (Å²) in [5.41, 5.74) is 4.13. The Labute approximate surface area is 156 Å². The van der Waals surface area contributed by atoms with Crippen LogP contribution >= 0.6 is 0 Å². The molecule has 0 saturated heterocycles. The van der Waals surface area contributed by atoms with E-state index >= 15 is 0 Å². The minimum Gasteiger partial charge on any atom is -0.396 e. The van der Waals surface area contributed by atoms with Crippen LogP contribution in [0.1, 0.15) is 49.3 Å². The van der Waals surface area contributed by atoms with Crippen LogP contribution in [-0.2, 0) is 12.0 Å². The van der Waals surface area contributed by atoms with Crippen LogP contribution in [0.15, 0.2) is 28.8 Å². The molecule has 0 bridgehead atoms. The van der Waals surface area contributed by atoms with E-state index in [0.29, 0.717) is 0 Å². The van der Waals surface area contributed by atoms with E-state index in [2.05, 4.69) is 67.0 Å². The van der Waals surface area contributed by atoms with Crippen LogP contribution in [0.4, 0.5) is 5.69 Å². The maximum absolute atomic E-state index is 10.5. The predicted molar refractivity (Wildman–Crippen MR) is 105 cm³/mol. The van der Waals surface area contributed by atoms with Gasteiger partial charge in [-0.25, -0.2) is 0 Å². The maximum Gasteiger partial charge on any atom is 0.139 e. The molecule has 1 aromatic heterocycles. The molecule has 0 saturated carbocycles. The van der Waals surface area contributed by atoms with Gasteiger partial charge in [0.2, 0.25) is 0 Å². The van der Waals surface area contributed by atoms with Gasteiger partial charge in [-0.1, -0.05) is 44.1 Å². The van der Waals surface area contributed by atoms with E-state index in [0.717, 1.165) is 43.1 Å². The second-order valence-electron chi connectivity index (χ2n) is 7.15. The van der Waals surface area contributed by atoms with Gasteiger partial charge in [-0.2, -0.15) is 0 Å². The Morgan fingerprint density at radius 2 is 1.92 bits per heavy atom. The highest BCUT2D eigenvalue weighted by Gasteiger charge is 2.54. The minimum absolute atomic E-state index is 0.0206. The molecular weight excluding hydrogens is 326 g/mol. The van der Waals surface area contributed by atoms with Gasteiger partial charge in [0.15, 0.2) is 0 Å². The number of rotatable bonds is 7. The van der Waals surface area contributed by atoms with Crippen molar-refractivity contribution >= 4 is 5.69 Å². The van der Waals surface area contributed by atoms with Crippen molar-refractivity contribution in [1.29, 1.82) is 0 Å². The molecule has 5 heteroatoms. The number of fused-ring (bicyclic) bond motifs is 1. The molecule has 26 heavy (non-hydrogen) atoms. The van der Waals surface area contributed by atoms with E-state index in [1.807, 2.05) is 6.92 Å². The molecular formula is C21H31N3O2. The van der Waals surface area contributed by atoms with Crippen LogP contribution in [0.3, 0.4) is 0 Å². The number of aliphatic hydroxyl groups excluding tert-OH is 1. The molecule has 0 radical (unpaired) electrons. The highest BCUT2D eigenvalue weighted by molar-refractivity contribution is 5.66. The zero-order valence-electron chi connectivity index (χ0n) is 16.6. The first-order chi connectivity index (χ1) is 12.5. The Bertz CT molecular complexity index is 753. The Balaban J connectivity index is 2.27. The van der Waals surface area contributed by atoms with E-state index in [9.17, 15) is 5.11 Å². The lowest BCUT2D eigenvalue weighted by Crippen LogP contribution is -2.54. The topological polar surface area (TPSA) is 52.7 Å². The first-order valence-corrected chi connectivity index (χ1v) is 9.66. The van der Waals surface area contributed by atoms with E-state index in [1.165, 1.54) is 11.3 Å². The predicted octanol–water partition coefficient (Wildman–Crippen LogP) is 3.31. The highest BCUT2D eigenvalue weighted by Crippen LogP contribution is 2.54. The van der Waals surface area contributed by atoms with Crippen LogP contribution in [0.2, 0.25) is 0 Å². The molecule has 0 spiro atoms. The molecule has 142 valence electrons. The van der Waals surface area contributed by atoms with Crippen LogP contribution in [0.5, 0.6) is 0 Å². The zero-order chi connectivity index (χ0) is 18.9. The van der Waals surface area contributed by atoms with Gasteiger partial charge in [0.25, 0.3) is 0 Å². The quantitative estimate of drug-likeness (QED) is 0.824. The lowest BCUT2D eigenvalue weighted by molar-refractivity contribution is 0.156. The second kappa shape index (κ2) is 7.41. The van der Waals surface area contributed by atoms with Crippen molar-refractivity contribution in [3.05, 3.63) is 46.8 Å². The van der Waals surface area contributed by atoms with Gasteiger partial charge in [0, 0.05) is 30.8 Å². The Hall–Kier alpha value is -1.85. The van der Waals surface area contributed by atoms with Crippen molar-refractivity contribution in [2.45, 2.75) is 45.6 Å². The monoisotopic (exact) mass is 357 g/mol. The largest absolute Gasteiger partial charge is 0.396 e. The van der Waals surface area contributed by atoms with Gasteiger partial charge >= 0.3 is 0 Å². The van der Waals surface area contributed by atoms with E-state index in [4.69, 9.17) is 4.52 Å². The molecule has 1 aliphatic heterocycles. The number of nitrogens with zero attached hydrogens (tertiary/aromatic N) is 3. The first-order valence-electron chi connectivity index (χ1n) is 9.66. The van der Waals surface area contributed by atoms with E-state index < -0.39 is 0 Å². The summed E-state index contributed by atoms with van der Waals surface area (Å²) in [6.45, 7) is 11.3. The molecule has 5 nitrogen and oxygen atoms in total. The van der Waals surface area contributed by atoms with Crippen molar-refractivity contribution < 1.29 is 9.63 Å². The summed E-state index contributed by atoms with van der Waals surface area (Å²) in [5.74, 6) is 0.833. The number of hydrogen-bond acceptors (Lipinski definition) is 5. The van der Waals surface area contributed by atoms with E-state index in [-0.39, 0.29) is 18.1 Å². The molecule has 1 aromatic carbocycles. The molecule has 2 heterocycles. The van der Waals surface area contributed by atoms with Crippen molar-refractivity contribution in [2.75, 3.05) is 38.2 Å². The fraction of sp³-hybridized carbons (Fsp3) is 0.571. The molecule has 1 N–H and O–H groups in total. The lowest BCUT2D eigenvalue weighted by atomic mass is 9.75. The highest BCUT2D eigenvalue weighted by atomic mass is 16.5.